The average Bonchev–Trinajstić information content (AvgIpc) is 2.86. The van der Waals surface area contributed by atoms with Crippen LogP contribution in [0, 0.1) is 0 Å². The van der Waals surface area contributed by atoms with E-state index in [9.17, 15) is 9.59 Å². The second kappa shape index (κ2) is 5.39. The predicted octanol–water partition coefficient (Wildman–Crippen LogP) is 0.436. The van der Waals surface area contributed by atoms with Crippen molar-refractivity contribution in [1.82, 2.24) is 15.0 Å². The number of rotatable bonds is 3. The minimum absolute atomic E-state index is 0.170. The Morgan fingerprint density at radius 2 is 2.15 bits per heavy atom. The first-order valence-corrected chi connectivity index (χ1v) is 5.67. The summed E-state index contributed by atoms with van der Waals surface area (Å²) in [6.07, 6.45) is 1.48. The van der Waals surface area contributed by atoms with E-state index in [4.69, 9.17) is 5.73 Å². The molecule has 104 valence electrons. The number of aryl methyl sites for hydroxylation is 1. The van der Waals surface area contributed by atoms with Gasteiger partial charge < -0.3 is 15.8 Å². The fourth-order valence-electron chi connectivity index (χ4n) is 1.56. The lowest BCUT2D eigenvalue weighted by Gasteiger charge is -2.08. The third kappa shape index (κ3) is 2.74. The van der Waals surface area contributed by atoms with Crippen molar-refractivity contribution in [2.24, 2.45) is 7.05 Å². The summed E-state index contributed by atoms with van der Waals surface area (Å²) in [6.45, 7) is 0. The molecular weight excluding hydrogens is 262 g/mol. The van der Waals surface area contributed by atoms with Crippen molar-refractivity contribution in [2.45, 2.75) is 0 Å². The van der Waals surface area contributed by atoms with E-state index in [0.29, 0.717) is 11.3 Å². The number of hydrogen-bond acceptors (Lipinski definition) is 6. The highest BCUT2D eigenvalue weighted by Crippen LogP contribution is 2.20. The molecule has 0 spiro atoms. The number of nitrogens with one attached hydrogen (secondary N) is 1. The van der Waals surface area contributed by atoms with Gasteiger partial charge in [0.25, 0.3) is 5.91 Å². The number of aromatic nitrogens is 3. The molecule has 0 aliphatic carbocycles. The maximum Gasteiger partial charge on any atom is 0.337 e. The van der Waals surface area contributed by atoms with Crippen molar-refractivity contribution >= 4 is 23.3 Å². The second-order valence-corrected chi connectivity index (χ2v) is 4.03. The van der Waals surface area contributed by atoms with Gasteiger partial charge in [-0.15, -0.1) is 5.10 Å². The van der Waals surface area contributed by atoms with E-state index < -0.39 is 11.9 Å². The van der Waals surface area contributed by atoms with E-state index in [1.54, 1.807) is 7.05 Å². The van der Waals surface area contributed by atoms with Gasteiger partial charge in [0.2, 0.25) is 0 Å². The molecule has 0 aliphatic rings. The normalized spacial score (nSPS) is 10.1. The number of carbonyl (C=O) groups excluding carboxylic acids is 2. The Balaban J connectivity index is 2.18. The predicted molar refractivity (Wildman–Crippen MR) is 71.2 cm³/mol. The van der Waals surface area contributed by atoms with Crippen LogP contribution in [0.4, 0.5) is 11.4 Å². The Labute approximate surface area is 114 Å². The SMILES string of the molecule is COC(=O)c1ccc(NC(=O)c2cn(C)nn2)c(N)c1. The highest BCUT2D eigenvalue weighted by atomic mass is 16.5. The third-order valence-corrected chi connectivity index (χ3v) is 2.56. The molecule has 0 saturated carbocycles. The number of nitrogen functional groups attached to an aromatic ring is 1. The van der Waals surface area contributed by atoms with Gasteiger partial charge in [-0.05, 0) is 18.2 Å². The number of ether oxygens (including phenoxy) is 1. The van der Waals surface area contributed by atoms with Crippen molar-refractivity contribution < 1.29 is 14.3 Å². The van der Waals surface area contributed by atoms with E-state index in [0.717, 1.165) is 0 Å². The number of nitrogens with zero attached hydrogens (tertiary/aromatic N) is 3. The first-order chi connectivity index (χ1) is 9.51. The van der Waals surface area contributed by atoms with Gasteiger partial charge in [-0.3, -0.25) is 9.48 Å². The highest BCUT2D eigenvalue weighted by Gasteiger charge is 2.13. The molecule has 0 atom stereocenters. The molecule has 1 amide bonds. The monoisotopic (exact) mass is 275 g/mol. The number of nitrogens with two attached hydrogens (primary N) is 1. The fourth-order valence-corrected chi connectivity index (χ4v) is 1.56. The molecule has 1 heterocycles. The van der Waals surface area contributed by atoms with Gasteiger partial charge in [-0.2, -0.15) is 0 Å². The fraction of sp³-hybridized carbons (Fsp3) is 0.167. The van der Waals surface area contributed by atoms with Crippen LogP contribution in [0.2, 0.25) is 0 Å². The summed E-state index contributed by atoms with van der Waals surface area (Å²) in [5, 5.41) is 9.94. The number of anilines is 2. The molecule has 3 N–H and O–H groups in total. The van der Waals surface area contributed by atoms with E-state index >= 15 is 0 Å². The quantitative estimate of drug-likeness (QED) is 0.620. The lowest BCUT2D eigenvalue weighted by atomic mass is 10.1. The van der Waals surface area contributed by atoms with E-state index in [1.807, 2.05) is 0 Å². The molecule has 8 nitrogen and oxygen atoms in total. The van der Waals surface area contributed by atoms with Gasteiger partial charge >= 0.3 is 5.97 Å². The molecule has 1 aromatic heterocycles. The summed E-state index contributed by atoms with van der Waals surface area (Å²) in [4.78, 5) is 23.2. The third-order valence-electron chi connectivity index (χ3n) is 2.56. The second-order valence-electron chi connectivity index (χ2n) is 4.03. The van der Waals surface area contributed by atoms with Crippen molar-refractivity contribution in [1.29, 1.82) is 0 Å². The van der Waals surface area contributed by atoms with Gasteiger partial charge in [0, 0.05) is 7.05 Å². The number of amides is 1. The van der Waals surface area contributed by atoms with Gasteiger partial charge in [0.1, 0.15) is 0 Å². The Bertz CT molecular complexity index is 665. The summed E-state index contributed by atoms with van der Waals surface area (Å²) >= 11 is 0. The van der Waals surface area contributed by atoms with Gasteiger partial charge in [-0.1, -0.05) is 5.21 Å². The Morgan fingerprint density at radius 3 is 2.70 bits per heavy atom. The summed E-state index contributed by atoms with van der Waals surface area (Å²) in [6, 6.07) is 4.46. The zero-order chi connectivity index (χ0) is 14.7. The van der Waals surface area contributed by atoms with Crippen LogP contribution >= 0.6 is 0 Å². The van der Waals surface area contributed by atoms with Crippen LogP contribution in [-0.2, 0) is 11.8 Å². The molecule has 0 saturated heterocycles. The van der Waals surface area contributed by atoms with Crippen LogP contribution in [-0.4, -0.2) is 34.0 Å². The van der Waals surface area contributed by atoms with Crippen molar-refractivity contribution in [2.75, 3.05) is 18.2 Å². The van der Waals surface area contributed by atoms with Gasteiger partial charge in [-0.25, -0.2) is 4.79 Å². The number of esters is 1. The van der Waals surface area contributed by atoms with E-state index in [-0.39, 0.29) is 11.4 Å². The lowest BCUT2D eigenvalue weighted by Crippen LogP contribution is -2.14. The summed E-state index contributed by atoms with van der Waals surface area (Å²) in [5.74, 6) is -0.931. The molecule has 8 heteroatoms. The van der Waals surface area contributed by atoms with E-state index in [2.05, 4.69) is 20.4 Å². The molecular formula is C12H13N5O3. The molecule has 2 rings (SSSR count). The number of methoxy groups -OCH3 is 1. The molecule has 1 aromatic carbocycles. The van der Waals surface area contributed by atoms with Crippen LogP contribution in [0.1, 0.15) is 20.8 Å². The number of hydrogen-bond donors (Lipinski definition) is 2. The molecule has 2 aromatic rings. The summed E-state index contributed by atoms with van der Waals surface area (Å²) < 4.78 is 6.00. The number of benzene rings is 1. The maximum atomic E-state index is 11.9. The van der Waals surface area contributed by atoms with Gasteiger partial charge in [0.05, 0.1) is 30.2 Å². The first kappa shape index (κ1) is 13.5. The van der Waals surface area contributed by atoms with Crippen LogP contribution in [0.15, 0.2) is 24.4 Å². The number of carbonyl (C=O) groups is 2. The molecule has 20 heavy (non-hydrogen) atoms. The van der Waals surface area contributed by atoms with Crippen molar-refractivity contribution in [3.63, 3.8) is 0 Å². The summed E-state index contributed by atoms with van der Waals surface area (Å²) in [5.41, 5.74) is 6.90. The zero-order valence-electron chi connectivity index (χ0n) is 11.0. The van der Waals surface area contributed by atoms with Crippen molar-refractivity contribution in [3.05, 3.63) is 35.7 Å². The smallest absolute Gasteiger partial charge is 0.337 e. The minimum Gasteiger partial charge on any atom is -0.465 e. The lowest BCUT2D eigenvalue weighted by molar-refractivity contribution is 0.0600. The summed E-state index contributed by atoms with van der Waals surface area (Å²) in [7, 11) is 2.94. The maximum absolute atomic E-state index is 11.9. The van der Waals surface area contributed by atoms with Crippen LogP contribution in [0.3, 0.4) is 0 Å². The minimum atomic E-state index is -0.497. The Hall–Kier alpha value is -2.90. The average molecular weight is 275 g/mol. The van der Waals surface area contributed by atoms with E-state index in [1.165, 1.54) is 36.2 Å². The van der Waals surface area contributed by atoms with Crippen LogP contribution in [0.5, 0.6) is 0 Å². The topological polar surface area (TPSA) is 112 Å². The molecule has 0 bridgehead atoms. The Kier molecular flexibility index (Phi) is 3.65. The zero-order valence-corrected chi connectivity index (χ0v) is 11.0. The highest BCUT2D eigenvalue weighted by molar-refractivity contribution is 6.04. The largest absolute Gasteiger partial charge is 0.465 e. The Morgan fingerprint density at radius 1 is 1.40 bits per heavy atom. The first-order valence-electron chi connectivity index (χ1n) is 5.67. The molecule has 0 radical (unpaired) electrons. The molecule has 0 aliphatic heterocycles. The standard InChI is InChI=1S/C12H13N5O3/c1-17-6-10(15-16-17)11(18)14-9-4-3-7(5-8(9)13)12(19)20-2/h3-6H,13H2,1-2H3,(H,14,18). The van der Waals surface area contributed by atoms with Crippen LogP contribution < -0.4 is 11.1 Å². The van der Waals surface area contributed by atoms with Crippen molar-refractivity contribution in [3.8, 4) is 0 Å². The molecule has 0 fully saturated rings. The molecule has 0 unspecified atom stereocenters. The van der Waals surface area contributed by atoms with Gasteiger partial charge in [0.15, 0.2) is 5.69 Å². The van der Waals surface area contributed by atoms with Crippen LogP contribution in [0.25, 0.3) is 0 Å².